The van der Waals surface area contributed by atoms with E-state index in [0.717, 1.165) is 43.4 Å². The average molecular weight is 297 g/mol. The lowest BCUT2D eigenvalue weighted by Crippen LogP contribution is -2.54. The van der Waals surface area contributed by atoms with Gasteiger partial charge in [0.15, 0.2) is 0 Å². The van der Waals surface area contributed by atoms with Crippen LogP contribution in [0.25, 0.3) is 0 Å². The number of carbonyl (C=O) groups excluding carboxylic acids is 1. The molecule has 1 atom stereocenters. The zero-order chi connectivity index (χ0) is 15.2. The molecule has 22 heavy (non-hydrogen) atoms. The monoisotopic (exact) mass is 297 g/mol. The number of rotatable bonds is 4. The number of amides is 1. The maximum atomic E-state index is 13.1. The van der Waals surface area contributed by atoms with Crippen LogP contribution in [0, 0.1) is 23.2 Å². The third-order valence-corrected chi connectivity index (χ3v) is 6.44. The van der Waals surface area contributed by atoms with Crippen LogP contribution in [0.15, 0.2) is 30.3 Å². The SMILES string of the molecule is CC[C@H](NC(=O)C12CC3CC(CC(C3)C1)C2)c1ccccc1. The average Bonchev–Trinajstić information content (AvgIpc) is 2.52. The molecule has 1 aromatic rings. The summed E-state index contributed by atoms with van der Waals surface area (Å²) in [7, 11) is 0. The first kappa shape index (κ1) is 14.3. The van der Waals surface area contributed by atoms with Gasteiger partial charge in [0.1, 0.15) is 0 Å². The van der Waals surface area contributed by atoms with Gasteiger partial charge in [-0.1, -0.05) is 37.3 Å². The Labute approximate surface area is 133 Å². The Balaban J connectivity index is 1.52. The largest absolute Gasteiger partial charge is 0.349 e. The molecule has 0 aromatic heterocycles. The Hall–Kier alpha value is -1.31. The van der Waals surface area contributed by atoms with Crippen LogP contribution >= 0.6 is 0 Å². The molecule has 0 unspecified atom stereocenters. The fourth-order valence-corrected chi connectivity index (χ4v) is 5.81. The molecule has 4 aliphatic carbocycles. The highest BCUT2D eigenvalue weighted by Gasteiger charge is 2.54. The normalized spacial score (nSPS) is 37.0. The van der Waals surface area contributed by atoms with E-state index in [-0.39, 0.29) is 11.5 Å². The molecular formula is C20H27NO. The summed E-state index contributed by atoms with van der Waals surface area (Å²) in [4.78, 5) is 13.1. The fraction of sp³-hybridized carbons (Fsp3) is 0.650. The van der Waals surface area contributed by atoms with E-state index in [2.05, 4.69) is 36.5 Å². The maximum Gasteiger partial charge on any atom is 0.226 e. The molecule has 0 aliphatic heterocycles. The van der Waals surface area contributed by atoms with E-state index in [1.165, 1.54) is 24.8 Å². The molecule has 2 heteroatoms. The van der Waals surface area contributed by atoms with Gasteiger partial charge in [-0.15, -0.1) is 0 Å². The van der Waals surface area contributed by atoms with E-state index in [1.54, 1.807) is 0 Å². The molecule has 118 valence electrons. The van der Waals surface area contributed by atoms with Crippen LogP contribution in [-0.2, 0) is 4.79 Å². The van der Waals surface area contributed by atoms with Crippen molar-refractivity contribution in [3.05, 3.63) is 35.9 Å². The first-order valence-electron chi connectivity index (χ1n) is 9.04. The molecule has 4 aliphatic rings. The Kier molecular flexibility index (Phi) is 3.51. The first-order chi connectivity index (χ1) is 10.7. The number of hydrogen-bond donors (Lipinski definition) is 1. The van der Waals surface area contributed by atoms with E-state index >= 15 is 0 Å². The summed E-state index contributed by atoms with van der Waals surface area (Å²) in [6, 6.07) is 10.6. The highest BCUT2D eigenvalue weighted by atomic mass is 16.2. The van der Waals surface area contributed by atoms with Crippen LogP contribution in [0.2, 0.25) is 0 Å². The lowest BCUT2D eigenvalue weighted by atomic mass is 9.49. The molecule has 0 spiro atoms. The number of benzene rings is 1. The third-order valence-electron chi connectivity index (χ3n) is 6.44. The second-order valence-electron chi connectivity index (χ2n) is 8.04. The second-order valence-corrected chi connectivity index (χ2v) is 8.04. The highest BCUT2D eigenvalue weighted by Crippen LogP contribution is 2.60. The molecule has 1 amide bonds. The molecule has 0 heterocycles. The maximum absolute atomic E-state index is 13.1. The zero-order valence-corrected chi connectivity index (χ0v) is 13.6. The predicted molar refractivity (Wildman–Crippen MR) is 88.2 cm³/mol. The van der Waals surface area contributed by atoms with Gasteiger partial charge in [-0.25, -0.2) is 0 Å². The Morgan fingerprint density at radius 1 is 1.09 bits per heavy atom. The fourth-order valence-electron chi connectivity index (χ4n) is 5.81. The van der Waals surface area contributed by atoms with E-state index in [4.69, 9.17) is 0 Å². The van der Waals surface area contributed by atoms with Crippen LogP contribution < -0.4 is 5.32 Å². The molecule has 0 saturated heterocycles. The number of carbonyl (C=O) groups is 1. The molecule has 2 nitrogen and oxygen atoms in total. The summed E-state index contributed by atoms with van der Waals surface area (Å²) in [6.07, 6.45) is 8.58. The van der Waals surface area contributed by atoms with Crippen molar-refractivity contribution in [3.8, 4) is 0 Å². The highest BCUT2D eigenvalue weighted by molar-refractivity contribution is 5.83. The third kappa shape index (κ3) is 2.37. The minimum absolute atomic E-state index is 0.0308. The van der Waals surface area contributed by atoms with Gasteiger partial charge < -0.3 is 5.32 Å². The van der Waals surface area contributed by atoms with Crippen LogP contribution in [-0.4, -0.2) is 5.91 Å². The van der Waals surface area contributed by atoms with Crippen molar-refractivity contribution in [1.82, 2.24) is 5.32 Å². The molecule has 1 aromatic carbocycles. The van der Waals surface area contributed by atoms with Crippen LogP contribution in [0.1, 0.15) is 63.5 Å². The van der Waals surface area contributed by atoms with Gasteiger partial charge in [0, 0.05) is 5.41 Å². The molecule has 4 fully saturated rings. The van der Waals surface area contributed by atoms with Gasteiger partial charge in [-0.2, -0.15) is 0 Å². The van der Waals surface area contributed by atoms with Crippen molar-refractivity contribution in [1.29, 1.82) is 0 Å². The molecular weight excluding hydrogens is 270 g/mol. The van der Waals surface area contributed by atoms with Gasteiger partial charge >= 0.3 is 0 Å². The summed E-state index contributed by atoms with van der Waals surface area (Å²) in [5, 5.41) is 3.40. The molecule has 4 bridgehead atoms. The molecule has 1 N–H and O–H groups in total. The van der Waals surface area contributed by atoms with Gasteiger partial charge in [-0.05, 0) is 68.3 Å². The molecule has 5 rings (SSSR count). The van der Waals surface area contributed by atoms with Gasteiger partial charge in [-0.3, -0.25) is 4.79 Å². The minimum Gasteiger partial charge on any atom is -0.349 e. The van der Waals surface area contributed by atoms with Crippen molar-refractivity contribution in [2.75, 3.05) is 0 Å². The van der Waals surface area contributed by atoms with Crippen molar-refractivity contribution in [3.63, 3.8) is 0 Å². The smallest absolute Gasteiger partial charge is 0.226 e. The summed E-state index contributed by atoms with van der Waals surface area (Å²) in [6.45, 7) is 2.16. The van der Waals surface area contributed by atoms with E-state index in [1.807, 2.05) is 6.07 Å². The number of nitrogens with one attached hydrogen (secondary N) is 1. The van der Waals surface area contributed by atoms with Gasteiger partial charge in [0.2, 0.25) is 5.91 Å². The van der Waals surface area contributed by atoms with Crippen LogP contribution in [0.5, 0.6) is 0 Å². The minimum atomic E-state index is -0.0308. The van der Waals surface area contributed by atoms with Crippen molar-refractivity contribution in [2.45, 2.75) is 57.9 Å². The second kappa shape index (κ2) is 5.40. The van der Waals surface area contributed by atoms with E-state index in [0.29, 0.717) is 5.91 Å². The Morgan fingerprint density at radius 2 is 1.64 bits per heavy atom. The van der Waals surface area contributed by atoms with E-state index < -0.39 is 0 Å². The van der Waals surface area contributed by atoms with Crippen LogP contribution in [0.4, 0.5) is 0 Å². The molecule has 4 saturated carbocycles. The van der Waals surface area contributed by atoms with E-state index in [9.17, 15) is 4.79 Å². The van der Waals surface area contributed by atoms with Crippen molar-refractivity contribution >= 4 is 5.91 Å². The quantitative estimate of drug-likeness (QED) is 0.873. The van der Waals surface area contributed by atoms with Crippen molar-refractivity contribution < 1.29 is 4.79 Å². The van der Waals surface area contributed by atoms with Gasteiger partial charge in [0.25, 0.3) is 0 Å². The molecule has 0 radical (unpaired) electrons. The summed E-state index contributed by atoms with van der Waals surface area (Å²) in [5.74, 6) is 2.83. The topological polar surface area (TPSA) is 29.1 Å². The van der Waals surface area contributed by atoms with Gasteiger partial charge in [0.05, 0.1) is 6.04 Å². The lowest BCUT2D eigenvalue weighted by molar-refractivity contribution is -0.147. The first-order valence-corrected chi connectivity index (χ1v) is 9.04. The zero-order valence-electron chi connectivity index (χ0n) is 13.6. The predicted octanol–water partition coefficient (Wildman–Crippen LogP) is 4.47. The summed E-state index contributed by atoms with van der Waals surface area (Å²) < 4.78 is 0. The lowest BCUT2D eigenvalue weighted by Gasteiger charge is -2.55. The Bertz CT molecular complexity index is 515. The number of hydrogen-bond acceptors (Lipinski definition) is 1. The summed E-state index contributed by atoms with van der Waals surface area (Å²) >= 11 is 0. The summed E-state index contributed by atoms with van der Waals surface area (Å²) in [5.41, 5.74) is 1.21. The van der Waals surface area contributed by atoms with Crippen LogP contribution in [0.3, 0.4) is 0 Å². The van der Waals surface area contributed by atoms with Crippen molar-refractivity contribution in [2.24, 2.45) is 23.2 Å². The Morgan fingerprint density at radius 3 is 2.14 bits per heavy atom. The standard InChI is InChI=1S/C20H27NO/c1-2-18(17-6-4-3-5-7-17)21-19(22)20-11-14-8-15(12-20)10-16(9-14)13-20/h3-7,14-16,18H,2,8-13H2,1H3,(H,21,22)/t14?,15?,16?,18-,20?/m0/s1.